The molecule has 0 fully saturated rings. The third-order valence-electron chi connectivity index (χ3n) is 2.91. The van der Waals surface area contributed by atoms with Crippen molar-refractivity contribution in [3.05, 3.63) is 28.5 Å². The van der Waals surface area contributed by atoms with Gasteiger partial charge in [-0.15, -0.1) is 11.3 Å². The highest BCUT2D eigenvalue weighted by Gasteiger charge is 2.17. The summed E-state index contributed by atoms with van der Waals surface area (Å²) >= 11 is 7.51. The summed E-state index contributed by atoms with van der Waals surface area (Å²) in [6.07, 6.45) is 0. The zero-order valence-electron chi connectivity index (χ0n) is 11.4. The predicted octanol–water partition coefficient (Wildman–Crippen LogP) is 4.11. The van der Waals surface area contributed by atoms with E-state index >= 15 is 0 Å². The fraction of sp³-hybridized carbons (Fsp3) is 0.308. The van der Waals surface area contributed by atoms with Crippen LogP contribution >= 0.6 is 22.9 Å². The normalized spacial score (nSPS) is 12.0. The number of hydrogen-bond donors (Lipinski definition) is 2. The van der Waals surface area contributed by atoms with Crippen LogP contribution in [0.1, 0.15) is 26.5 Å². The molecule has 20 heavy (non-hydrogen) atoms. The molecule has 3 aromatic heterocycles. The van der Waals surface area contributed by atoms with Gasteiger partial charge < -0.3 is 5.32 Å². The second-order valence-corrected chi connectivity index (χ2v) is 6.77. The van der Waals surface area contributed by atoms with Crippen molar-refractivity contribution in [1.82, 2.24) is 20.2 Å². The van der Waals surface area contributed by atoms with E-state index in [0.717, 1.165) is 21.7 Å². The van der Waals surface area contributed by atoms with E-state index in [-0.39, 0.29) is 10.7 Å². The van der Waals surface area contributed by atoms with Crippen molar-refractivity contribution in [3.63, 3.8) is 0 Å². The van der Waals surface area contributed by atoms with Gasteiger partial charge in [0.25, 0.3) is 0 Å². The number of halogens is 1. The van der Waals surface area contributed by atoms with Crippen LogP contribution in [0.3, 0.4) is 0 Å². The Labute approximate surface area is 125 Å². The van der Waals surface area contributed by atoms with E-state index in [1.807, 2.05) is 17.5 Å². The largest absolute Gasteiger partial charge is 0.322 e. The maximum atomic E-state index is 5.94. The van der Waals surface area contributed by atoms with Crippen LogP contribution in [0.25, 0.3) is 10.2 Å². The first-order valence-corrected chi connectivity index (χ1v) is 7.43. The quantitative estimate of drug-likeness (QED) is 0.699. The Morgan fingerprint density at radius 3 is 2.80 bits per heavy atom. The van der Waals surface area contributed by atoms with Gasteiger partial charge in [0.05, 0.1) is 10.2 Å². The molecule has 0 aliphatic carbocycles. The first kappa shape index (κ1) is 13.3. The molecule has 0 saturated carbocycles. The molecular formula is C13H14ClN5S. The number of nitrogens with one attached hydrogen (secondary N) is 2. The summed E-state index contributed by atoms with van der Waals surface area (Å²) in [5.74, 6) is 1.40. The average molecular weight is 308 g/mol. The van der Waals surface area contributed by atoms with Gasteiger partial charge in [0, 0.05) is 17.2 Å². The molecular weight excluding hydrogens is 294 g/mol. The van der Waals surface area contributed by atoms with E-state index < -0.39 is 0 Å². The molecule has 0 aliphatic rings. The van der Waals surface area contributed by atoms with E-state index in [0.29, 0.717) is 5.82 Å². The zero-order chi connectivity index (χ0) is 14.3. The molecule has 3 rings (SSSR count). The maximum absolute atomic E-state index is 5.94. The lowest BCUT2D eigenvalue weighted by atomic mass is 9.92. The summed E-state index contributed by atoms with van der Waals surface area (Å²) in [6, 6.07) is 3.90. The summed E-state index contributed by atoms with van der Waals surface area (Å²) < 4.78 is 0.967. The van der Waals surface area contributed by atoms with Gasteiger partial charge in [-0.2, -0.15) is 10.1 Å². The number of fused-ring (bicyclic) bond motifs is 1. The van der Waals surface area contributed by atoms with Crippen molar-refractivity contribution in [2.24, 2.45) is 0 Å². The lowest BCUT2D eigenvalue weighted by Gasteiger charge is -2.14. The summed E-state index contributed by atoms with van der Waals surface area (Å²) in [7, 11) is 0. The number of H-pyrrole nitrogens is 1. The fourth-order valence-electron chi connectivity index (χ4n) is 1.81. The number of aromatic amines is 1. The standard InChI is InChI=1S/C13H14ClN5S/c1-13(2,3)8-6-9(19-18-8)16-11-10-7(4-5-20-10)15-12(14)17-11/h4-6H,1-3H3,(H2,15,16,17,18,19). The van der Waals surface area contributed by atoms with Gasteiger partial charge in [-0.1, -0.05) is 20.8 Å². The first-order valence-electron chi connectivity index (χ1n) is 6.17. The molecule has 0 aliphatic heterocycles. The van der Waals surface area contributed by atoms with Crippen LogP contribution in [0.4, 0.5) is 11.6 Å². The summed E-state index contributed by atoms with van der Waals surface area (Å²) in [5, 5.41) is 12.7. The third-order valence-corrected chi connectivity index (χ3v) is 3.99. The number of anilines is 2. The lowest BCUT2D eigenvalue weighted by molar-refractivity contribution is 0.567. The minimum Gasteiger partial charge on any atom is -0.322 e. The monoisotopic (exact) mass is 307 g/mol. The van der Waals surface area contributed by atoms with Crippen LogP contribution < -0.4 is 5.32 Å². The summed E-state index contributed by atoms with van der Waals surface area (Å²) in [4.78, 5) is 8.42. The third kappa shape index (κ3) is 2.48. The Hall–Kier alpha value is -1.66. The molecule has 3 heterocycles. The molecule has 104 valence electrons. The number of aromatic nitrogens is 4. The SMILES string of the molecule is CC(C)(C)c1cc(Nc2nc(Cl)nc3ccsc23)n[nH]1. The van der Waals surface area contributed by atoms with Crippen LogP contribution in [-0.4, -0.2) is 20.2 Å². The Kier molecular flexibility index (Phi) is 3.14. The van der Waals surface area contributed by atoms with Crippen molar-refractivity contribution < 1.29 is 0 Å². The summed E-state index contributed by atoms with van der Waals surface area (Å²) in [6.45, 7) is 6.38. The Morgan fingerprint density at radius 1 is 1.30 bits per heavy atom. The van der Waals surface area contributed by atoms with Crippen molar-refractivity contribution >= 4 is 44.8 Å². The maximum Gasteiger partial charge on any atom is 0.224 e. The van der Waals surface area contributed by atoms with Crippen LogP contribution in [0.2, 0.25) is 5.28 Å². The van der Waals surface area contributed by atoms with Gasteiger partial charge in [-0.05, 0) is 23.0 Å². The highest BCUT2D eigenvalue weighted by molar-refractivity contribution is 7.17. The average Bonchev–Trinajstić information content (AvgIpc) is 2.95. The Morgan fingerprint density at radius 2 is 2.10 bits per heavy atom. The van der Waals surface area contributed by atoms with E-state index in [9.17, 15) is 0 Å². The molecule has 0 aromatic carbocycles. The van der Waals surface area contributed by atoms with Crippen LogP contribution in [0.5, 0.6) is 0 Å². The van der Waals surface area contributed by atoms with Gasteiger partial charge in [0.2, 0.25) is 5.28 Å². The number of nitrogens with zero attached hydrogens (tertiary/aromatic N) is 3. The molecule has 3 aromatic rings. The molecule has 0 amide bonds. The Bertz CT molecular complexity index is 756. The molecule has 0 radical (unpaired) electrons. The number of hydrogen-bond acceptors (Lipinski definition) is 5. The second kappa shape index (κ2) is 4.71. The molecule has 0 saturated heterocycles. The molecule has 5 nitrogen and oxygen atoms in total. The molecule has 0 unspecified atom stereocenters. The molecule has 7 heteroatoms. The minimum atomic E-state index is 0.0223. The van der Waals surface area contributed by atoms with Gasteiger partial charge in [-0.25, -0.2) is 4.98 Å². The van der Waals surface area contributed by atoms with Crippen molar-refractivity contribution in [1.29, 1.82) is 0 Å². The van der Waals surface area contributed by atoms with Crippen LogP contribution in [0, 0.1) is 0 Å². The van der Waals surface area contributed by atoms with Crippen molar-refractivity contribution in [2.45, 2.75) is 26.2 Å². The molecule has 0 spiro atoms. The smallest absolute Gasteiger partial charge is 0.224 e. The zero-order valence-corrected chi connectivity index (χ0v) is 12.9. The summed E-state index contributed by atoms with van der Waals surface area (Å²) in [5.41, 5.74) is 1.92. The highest BCUT2D eigenvalue weighted by Crippen LogP contribution is 2.30. The number of rotatable bonds is 2. The topological polar surface area (TPSA) is 66.5 Å². The van der Waals surface area contributed by atoms with Crippen molar-refractivity contribution in [3.8, 4) is 0 Å². The fourth-order valence-corrected chi connectivity index (χ4v) is 2.76. The van der Waals surface area contributed by atoms with E-state index in [4.69, 9.17) is 11.6 Å². The first-order chi connectivity index (χ1) is 9.43. The molecule has 0 atom stereocenters. The van der Waals surface area contributed by atoms with Crippen LogP contribution in [-0.2, 0) is 5.41 Å². The van der Waals surface area contributed by atoms with Crippen LogP contribution in [0.15, 0.2) is 17.5 Å². The number of thiophene rings is 1. The Balaban J connectivity index is 1.97. The van der Waals surface area contributed by atoms with Gasteiger partial charge >= 0.3 is 0 Å². The minimum absolute atomic E-state index is 0.0223. The second-order valence-electron chi connectivity index (χ2n) is 5.52. The lowest BCUT2D eigenvalue weighted by Crippen LogP contribution is -2.11. The van der Waals surface area contributed by atoms with Gasteiger partial charge in [0.1, 0.15) is 0 Å². The van der Waals surface area contributed by atoms with E-state index in [2.05, 4.69) is 46.3 Å². The van der Waals surface area contributed by atoms with E-state index in [1.54, 1.807) is 11.3 Å². The van der Waals surface area contributed by atoms with E-state index in [1.165, 1.54) is 0 Å². The highest BCUT2D eigenvalue weighted by atomic mass is 35.5. The predicted molar refractivity (Wildman–Crippen MR) is 83.0 cm³/mol. The van der Waals surface area contributed by atoms with Gasteiger partial charge in [0.15, 0.2) is 11.6 Å². The van der Waals surface area contributed by atoms with Gasteiger partial charge in [-0.3, -0.25) is 5.10 Å². The van der Waals surface area contributed by atoms with Crippen molar-refractivity contribution in [2.75, 3.05) is 5.32 Å². The molecule has 2 N–H and O–H groups in total. The molecule has 0 bridgehead atoms.